The number of amides is 1. The largest absolute Gasteiger partial charge is 0.369 e. The number of hydrogen-bond donors (Lipinski definition) is 2. The summed E-state index contributed by atoms with van der Waals surface area (Å²) in [5, 5.41) is 6.74. The number of nitrogens with zero attached hydrogens (tertiary/aromatic N) is 3. The van der Waals surface area contributed by atoms with E-state index in [0.717, 1.165) is 43.9 Å². The van der Waals surface area contributed by atoms with Crippen molar-refractivity contribution in [2.45, 2.75) is 18.9 Å². The molecule has 1 heterocycles. The van der Waals surface area contributed by atoms with Crippen molar-refractivity contribution in [3.63, 3.8) is 0 Å². The van der Waals surface area contributed by atoms with Gasteiger partial charge in [-0.25, -0.2) is 9.38 Å². The van der Waals surface area contributed by atoms with Gasteiger partial charge in [0, 0.05) is 51.2 Å². The van der Waals surface area contributed by atoms with Gasteiger partial charge in [-0.2, -0.15) is 11.8 Å². The number of carbonyl (C=O) groups excluding carboxylic acids is 1. The molecule has 1 fully saturated rings. The number of anilines is 1. The summed E-state index contributed by atoms with van der Waals surface area (Å²) in [6.07, 6.45) is 4.08. The van der Waals surface area contributed by atoms with Gasteiger partial charge in [0.2, 0.25) is 5.91 Å². The number of rotatable bonds is 7. The minimum Gasteiger partial charge on any atom is -0.369 e. The predicted octanol–water partition coefficient (Wildman–Crippen LogP) is 2.40. The number of thioether (sulfide) groups is 1. The third-order valence-corrected chi connectivity index (χ3v) is 5.02. The van der Waals surface area contributed by atoms with Crippen molar-refractivity contribution < 1.29 is 9.18 Å². The number of guanidine groups is 1. The maximum atomic E-state index is 13.5. The molecular weight excluding hydrogens is 492 g/mol. The summed E-state index contributed by atoms with van der Waals surface area (Å²) in [6.45, 7) is 2.58. The Morgan fingerprint density at radius 1 is 1.43 bits per heavy atom. The molecule has 0 spiro atoms. The number of hydrogen-bond acceptors (Lipinski definition) is 4. The molecule has 1 amide bonds. The van der Waals surface area contributed by atoms with Crippen LogP contribution in [-0.4, -0.2) is 75.1 Å². The number of aliphatic imine (C=N–C) groups is 1. The second-order valence-electron chi connectivity index (χ2n) is 6.78. The summed E-state index contributed by atoms with van der Waals surface area (Å²) >= 11 is 1.75. The molecule has 0 aliphatic carbocycles. The van der Waals surface area contributed by atoms with E-state index < -0.39 is 0 Å². The lowest BCUT2D eigenvalue weighted by Crippen LogP contribution is -2.51. The molecule has 0 saturated carbocycles. The molecule has 28 heavy (non-hydrogen) atoms. The molecule has 2 N–H and O–H groups in total. The Bertz CT molecular complexity index is 647. The van der Waals surface area contributed by atoms with Crippen LogP contribution in [0.1, 0.15) is 12.8 Å². The summed E-state index contributed by atoms with van der Waals surface area (Å²) in [5.74, 6) is 1.37. The molecule has 1 unspecified atom stereocenters. The van der Waals surface area contributed by atoms with Gasteiger partial charge in [-0.05, 0) is 37.3 Å². The molecular formula is C19H31FIN5OS. The first kappa shape index (κ1) is 24.8. The summed E-state index contributed by atoms with van der Waals surface area (Å²) < 4.78 is 13.5. The van der Waals surface area contributed by atoms with Crippen LogP contribution in [0.25, 0.3) is 0 Å². The molecule has 1 aromatic rings. The van der Waals surface area contributed by atoms with E-state index in [2.05, 4.69) is 26.8 Å². The second-order valence-corrected chi connectivity index (χ2v) is 7.77. The van der Waals surface area contributed by atoms with Gasteiger partial charge in [-0.15, -0.1) is 24.0 Å². The molecule has 158 valence electrons. The zero-order valence-corrected chi connectivity index (χ0v) is 19.9. The molecule has 1 saturated heterocycles. The van der Waals surface area contributed by atoms with Crippen LogP contribution in [0.3, 0.4) is 0 Å². The predicted molar refractivity (Wildman–Crippen MR) is 128 cm³/mol. The Hall–Kier alpha value is -1.23. The highest BCUT2D eigenvalue weighted by Crippen LogP contribution is 2.20. The quantitative estimate of drug-likeness (QED) is 0.249. The van der Waals surface area contributed by atoms with Crippen molar-refractivity contribution in [1.82, 2.24) is 15.5 Å². The SMILES string of the molecule is CSCCNC(=NCC(=O)N(C)C)NC1CCCN(c2cccc(F)c2)C1.I. The van der Waals surface area contributed by atoms with Crippen molar-refractivity contribution in [3.05, 3.63) is 30.1 Å². The fraction of sp³-hybridized carbons (Fsp3) is 0.579. The van der Waals surface area contributed by atoms with Gasteiger partial charge in [-0.3, -0.25) is 4.79 Å². The van der Waals surface area contributed by atoms with Crippen LogP contribution < -0.4 is 15.5 Å². The number of halogens is 2. The Labute approximate surface area is 188 Å². The topological polar surface area (TPSA) is 60.0 Å². The summed E-state index contributed by atoms with van der Waals surface area (Å²) in [7, 11) is 3.45. The number of likely N-dealkylation sites (N-methyl/N-ethyl adjacent to an activating group) is 1. The van der Waals surface area contributed by atoms with E-state index in [1.54, 1.807) is 38.0 Å². The standard InChI is InChI=1S/C19H30FN5OS.HI/c1-24(2)18(26)13-22-19(21-9-11-27-3)23-16-7-5-10-25(14-16)17-8-4-6-15(20)12-17;/h4,6,8,12,16H,5,7,9-11,13-14H2,1-3H3,(H2,21,22,23);1H. The van der Waals surface area contributed by atoms with Gasteiger partial charge in [0.25, 0.3) is 0 Å². The maximum absolute atomic E-state index is 13.5. The monoisotopic (exact) mass is 523 g/mol. The Balaban J connectivity index is 0.00000392. The van der Waals surface area contributed by atoms with Gasteiger partial charge < -0.3 is 20.4 Å². The number of carbonyl (C=O) groups is 1. The number of nitrogens with one attached hydrogen (secondary N) is 2. The first-order chi connectivity index (χ1) is 13.0. The minimum absolute atomic E-state index is 0. The van der Waals surface area contributed by atoms with E-state index in [-0.39, 0.29) is 48.3 Å². The normalized spacial score (nSPS) is 16.9. The smallest absolute Gasteiger partial charge is 0.243 e. The van der Waals surface area contributed by atoms with E-state index in [4.69, 9.17) is 0 Å². The van der Waals surface area contributed by atoms with Gasteiger partial charge in [0.15, 0.2) is 5.96 Å². The Morgan fingerprint density at radius 3 is 2.89 bits per heavy atom. The van der Waals surface area contributed by atoms with E-state index in [1.807, 2.05) is 6.07 Å². The first-order valence-electron chi connectivity index (χ1n) is 9.24. The van der Waals surface area contributed by atoms with Crippen LogP contribution in [0.5, 0.6) is 0 Å². The average molecular weight is 523 g/mol. The van der Waals surface area contributed by atoms with E-state index in [9.17, 15) is 9.18 Å². The zero-order valence-electron chi connectivity index (χ0n) is 16.8. The lowest BCUT2D eigenvalue weighted by Gasteiger charge is -2.35. The van der Waals surface area contributed by atoms with E-state index in [1.165, 1.54) is 11.0 Å². The summed E-state index contributed by atoms with van der Waals surface area (Å²) in [5.41, 5.74) is 0.901. The van der Waals surface area contributed by atoms with E-state index in [0.29, 0.717) is 5.96 Å². The molecule has 9 heteroatoms. The van der Waals surface area contributed by atoms with Crippen LogP contribution in [0, 0.1) is 5.82 Å². The number of piperidine rings is 1. The van der Waals surface area contributed by atoms with Gasteiger partial charge in [0.1, 0.15) is 12.4 Å². The lowest BCUT2D eigenvalue weighted by molar-refractivity contribution is -0.127. The molecule has 2 rings (SSSR count). The number of benzene rings is 1. The van der Waals surface area contributed by atoms with Gasteiger partial charge in [-0.1, -0.05) is 6.07 Å². The van der Waals surface area contributed by atoms with Gasteiger partial charge >= 0.3 is 0 Å². The fourth-order valence-corrected chi connectivity index (χ4v) is 3.21. The van der Waals surface area contributed by atoms with E-state index >= 15 is 0 Å². The van der Waals surface area contributed by atoms with Crippen LogP contribution in [0.2, 0.25) is 0 Å². The Kier molecular flexibility index (Phi) is 11.6. The molecule has 1 aliphatic rings. The molecule has 1 aliphatic heterocycles. The van der Waals surface area contributed by atoms with Crippen LogP contribution >= 0.6 is 35.7 Å². The van der Waals surface area contributed by atoms with Crippen molar-refractivity contribution in [3.8, 4) is 0 Å². The highest BCUT2D eigenvalue weighted by atomic mass is 127. The zero-order chi connectivity index (χ0) is 19.6. The highest BCUT2D eigenvalue weighted by molar-refractivity contribution is 14.0. The van der Waals surface area contributed by atoms with Crippen LogP contribution in [0.4, 0.5) is 10.1 Å². The average Bonchev–Trinajstić information content (AvgIpc) is 2.66. The van der Waals surface area contributed by atoms with Crippen LogP contribution in [-0.2, 0) is 4.79 Å². The van der Waals surface area contributed by atoms with Crippen molar-refractivity contribution in [1.29, 1.82) is 0 Å². The van der Waals surface area contributed by atoms with Crippen molar-refractivity contribution in [2.24, 2.45) is 4.99 Å². The van der Waals surface area contributed by atoms with Crippen molar-refractivity contribution >= 4 is 53.3 Å². The maximum Gasteiger partial charge on any atom is 0.243 e. The summed E-state index contributed by atoms with van der Waals surface area (Å²) in [4.78, 5) is 20.0. The third-order valence-electron chi connectivity index (χ3n) is 4.41. The van der Waals surface area contributed by atoms with Gasteiger partial charge in [0.05, 0.1) is 0 Å². The molecule has 6 nitrogen and oxygen atoms in total. The highest BCUT2D eigenvalue weighted by Gasteiger charge is 2.21. The minimum atomic E-state index is -0.217. The lowest BCUT2D eigenvalue weighted by atomic mass is 10.0. The molecule has 0 aromatic heterocycles. The summed E-state index contributed by atoms with van der Waals surface area (Å²) in [6, 6.07) is 6.91. The molecule has 1 atom stereocenters. The molecule has 0 radical (unpaired) electrons. The first-order valence-corrected chi connectivity index (χ1v) is 10.6. The molecule has 0 bridgehead atoms. The molecule has 1 aromatic carbocycles. The fourth-order valence-electron chi connectivity index (χ4n) is 2.91. The second kappa shape index (κ2) is 13.1. The van der Waals surface area contributed by atoms with Crippen molar-refractivity contribution in [2.75, 3.05) is 57.2 Å². The third kappa shape index (κ3) is 8.42. The van der Waals surface area contributed by atoms with Crippen LogP contribution in [0.15, 0.2) is 29.3 Å². The Morgan fingerprint density at radius 2 is 2.21 bits per heavy atom.